The fourth-order valence-corrected chi connectivity index (χ4v) is 5.03. The smallest absolute Gasteiger partial charge is 0.232 e. The van der Waals surface area contributed by atoms with Gasteiger partial charge >= 0.3 is 0 Å². The van der Waals surface area contributed by atoms with Gasteiger partial charge in [0.15, 0.2) is 5.82 Å². The normalized spacial score (nSPS) is 17.9. The van der Waals surface area contributed by atoms with Gasteiger partial charge in [0.1, 0.15) is 15.9 Å². The quantitative estimate of drug-likeness (QED) is 0.396. The van der Waals surface area contributed by atoms with Gasteiger partial charge in [-0.2, -0.15) is 4.39 Å². The van der Waals surface area contributed by atoms with Crippen LogP contribution in [0.15, 0.2) is 28.4 Å². The van der Waals surface area contributed by atoms with Gasteiger partial charge in [-0.1, -0.05) is 48.2 Å². The van der Waals surface area contributed by atoms with E-state index in [1.807, 2.05) is 0 Å². The summed E-state index contributed by atoms with van der Waals surface area (Å²) in [5.74, 6) is 0.447. The number of halogens is 2. The number of rotatable bonds is 3. The Bertz CT molecular complexity index is 908. The molecule has 4 N–H and O–H groups in total. The molecule has 2 aliphatic rings. The van der Waals surface area contributed by atoms with Crippen LogP contribution in [0.25, 0.3) is 0 Å². The van der Waals surface area contributed by atoms with Crippen molar-refractivity contribution in [2.75, 3.05) is 23.7 Å². The molecule has 3 heterocycles. The van der Waals surface area contributed by atoms with Crippen LogP contribution in [-0.2, 0) is 0 Å². The number of nitrogens with two attached hydrogens (primary N) is 2. The molecule has 1 saturated heterocycles. The molecule has 10 heteroatoms. The number of nitrogens with zero attached hydrogens (tertiary/aromatic N) is 4. The van der Waals surface area contributed by atoms with Gasteiger partial charge in [-0.15, -0.1) is 0 Å². The highest BCUT2D eigenvalue weighted by Gasteiger charge is 2.37. The highest BCUT2D eigenvalue weighted by atomic mass is 35.5. The number of aromatic nitrogens is 3. The first-order chi connectivity index (χ1) is 15.1. The van der Waals surface area contributed by atoms with Crippen molar-refractivity contribution >= 4 is 46.9 Å². The predicted molar refractivity (Wildman–Crippen MR) is 134 cm³/mol. The Labute approximate surface area is 203 Å². The summed E-state index contributed by atoms with van der Waals surface area (Å²) in [6.45, 7) is 8.25. The second-order valence-corrected chi connectivity index (χ2v) is 12.2. The van der Waals surface area contributed by atoms with E-state index < -0.39 is 5.95 Å². The van der Waals surface area contributed by atoms with E-state index in [-0.39, 0.29) is 9.77 Å². The molecule has 32 heavy (non-hydrogen) atoms. The molecule has 0 bridgehead atoms. The van der Waals surface area contributed by atoms with Crippen LogP contribution in [0.3, 0.4) is 0 Å². The van der Waals surface area contributed by atoms with Crippen LogP contribution in [0, 0.1) is 11.4 Å². The summed E-state index contributed by atoms with van der Waals surface area (Å²) < 4.78 is 13.7. The summed E-state index contributed by atoms with van der Waals surface area (Å²) >= 11 is 8.53. The zero-order valence-electron chi connectivity index (χ0n) is 18.9. The number of anilines is 2. The van der Waals surface area contributed by atoms with E-state index >= 15 is 0 Å². The van der Waals surface area contributed by atoms with Gasteiger partial charge in [0, 0.05) is 28.9 Å². The van der Waals surface area contributed by atoms with Crippen molar-refractivity contribution in [1.29, 1.82) is 0 Å². The molecule has 4 rings (SSSR count). The molecule has 1 saturated carbocycles. The molecule has 1 aliphatic carbocycles. The molecule has 0 amide bonds. The second-order valence-electron chi connectivity index (χ2n) is 9.36. The van der Waals surface area contributed by atoms with Crippen molar-refractivity contribution in [3.05, 3.63) is 29.4 Å². The van der Waals surface area contributed by atoms with Crippen LogP contribution in [0.1, 0.15) is 59.3 Å². The summed E-state index contributed by atoms with van der Waals surface area (Å²) in [7, 11) is 0. The Morgan fingerprint density at radius 1 is 1.12 bits per heavy atom. The van der Waals surface area contributed by atoms with E-state index in [4.69, 9.17) is 22.5 Å². The third-order valence-corrected chi connectivity index (χ3v) is 8.18. The van der Waals surface area contributed by atoms with Crippen molar-refractivity contribution in [2.45, 2.75) is 74.0 Å². The molecular weight excluding hydrogens is 467 g/mol. The molecule has 2 aromatic rings. The monoisotopic (exact) mass is 498 g/mol. The highest BCUT2D eigenvalue weighted by Crippen LogP contribution is 2.46. The van der Waals surface area contributed by atoms with Gasteiger partial charge in [-0.25, -0.2) is 15.0 Å². The standard InChI is InChI=1S/C18H21ClFN5S.C4H11NS/c19-14-12(3-8-22-15(14)20)26-17-16(21)24-13(11-23-17)25-9-6-18(7-10-25)4-1-2-5-18;1-4(2,3)6-5/h3,8,11H,1-2,4-7,9-10H2,(H2,21,24);5H2,1-3H3. The van der Waals surface area contributed by atoms with Crippen LogP contribution in [0.4, 0.5) is 16.0 Å². The summed E-state index contributed by atoms with van der Waals surface area (Å²) in [6, 6.07) is 1.64. The third-order valence-electron chi connectivity index (χ3n) is 5.94. The average Bonchev–Trinajstić information content (AvgIpc) is 3.21. The van der Waals surface area contributed by atoms with Crippen LogP contribution in [-0.4, -0.2) is 32.8 Å². The summed E-state index contributed by atoms with van der Waals surface area (Å²) in [5.41, 5.74) is 6.67. The Morgan fingerprint density at radius 3 is 2.31 bits per heavy atom. The lowest BCUT2D eigenvalue weighted by Gasteiger charge is -2.39. The molecule has 2 aromatic heterocycles. The topological polar surface area (TPSA) is 94.0 Å². The molecule has 0 unspecified atom stereocenters. The van der Waals surface area contributed by atoms with Crippen molar-refractivity contribution in [1.82, 2.24) is 15.0 Å². The van der Waals surface area contributed by atoms with E-state index in [1.165, 1.54) is 68.4 Å². The first-order valence-corrected chi connectivity index (χ1v) is 12.9. The fraction of sp³-hybridized carbons (Fsp3) is 0.591. The first-order valence-electron chi connectivity index (χ1n) is 10.9. The molecule has 6 nitrogen and oxygen atoms in total. The molecule has 0 atom stereocenters. The SMILES string of the molecule is CC(C)(C)SN.Nc1nc(N2CCC3(CCCC3)CC2)cnc1Sc1ccnc(F)c1Cl. The molecule has 1 spiro atoms. The maximum Gasteiger partial charge on any atom is 0.232 e. The van der Waals surface area contributed by atoms with E-state index in [2.05, 4.69) is 40.6 Å². The minimum atomic E-state index is -0.700. The minimum absolute atomic E-state index is 0.0272. The maximum atomic E-state index is 13.5. The van der Waals surface area contributed by atoms with Crippen LogP contribution in [0.5, 0.6) is 0 Å². The summed E-state index contributed by atoms with van der Waals surface area (Å²) in [4.78, 5) is 15.3. The lowest BCUT2D eigenvalue weighted by molar-refractivity contribution is 0.226. The summed E-state index contributed by atoms with van der Waals surface area (Å²) in [5, 5.41) is 5.71. The Kier molecular flexibility index (Phi) is 8.52. The molecule has 176 valence electrons. The predicted octanol–water partition coefficient (Wildman–Crippen LogP) is 5.95. The lowest BCUT2D eigenvalue weighted by Crippen LogP contribution is -2.39. The maximum absolute atomic E-state index is 13.5. The minimum Gasteiger partial charge on any atom is -0.381 e. The molecule has 2 fully saturated rings. The Morgan fingerprint density at radius 2 is 1.75 bits per heavy atom. The fourth-order valence-electron chi connectivity index (χ4n) is 4.03. The molecule has 1 aliphatic heterocycles. The van der Waals surface area contributed by atoms with Crippen LogP contribution in [0.2, 0.25) is 5.02 Å². The largest absolute Gasteiger partial charge is 0.381 e. The Hall–Kier alpha value is -1.29. The van der Waals surface area contributed by atoms with E-state index in [9.17, 15) is 4.39 Å². The van der Waals surface area contributed by atoms with Gasteiger partial charge in [0.25, 0.3) is 0 Å². The van der Waals surface area contributed by atoms with E-state index in [1.54, 1.807) is 12.3 Å². The van der Waals surface area contributed by atoms with Crippen LogP contribution >= 0.6 is 35.3 Å². The molecular formula is C22H32ClFN6S2. The zero-order chi connectivity index (χ0) is 23.4. The second kappa shape index (κ2) is 10.8. The highest BCUT2D eigenvalue weighted by molar-refractivity contribution is 7.99. The molecule has 0 radical (unpaired) electrons. The van der Waals surface area contributed by atoms with Gasteiger partial charge < -0.3 is 10.6 Å². The van der Waals surface area contributed by atoms with Gasteiger partial charge in [0.2, 0.25) is 5.95 Å². The molecule has 0 aromatic carbocycles. The van der Waals surface area contributed by atoms with E-state index in [0.717, 1.165) is 18.9 Å². The number of piperidine rings is 1. The zero-order valence-corrected chi connectivity index (χ0v) is 21.3. The third kappa shape index (κ3) is 6.62. The van der Waals surface area contributed by atoms with E-state index in [0.29, 0.717) is 21.2 Å². The van der Waals surface area contributed by atoms with Crippen molar-refractivity contribution < 1.29 is 4.39 Å². The van der Waals surface area contributed by atoms with Gasteiger partial charge in [-0.3, -0.25) is 5.14 Å². The van der Waals surface area contributed by atoms with Crippen LogP contribution < -0.4 is 15.8 Å². The lowest BCUT2D eigenvalue weighted by atomic mass is 9.77. The summed E-state index contributed by atoms with van der Waals surface area (Å²) in [6.07, 6.45) is 11.0. The number of pyridine rings is 1. The number of hydrogen-bond donors (Lipinski definition) is 2. The average molecular weight is 499 g/mol. The van der Waals surface area contributed by atoms with Gasteiger partial charge in [-0.05, 0) is 57.9 Å². The Balaban J connectivity index is 0.000000427. The van der Waals surface area contributed by atoms with Crippen molar-refractivity contribution in [3.8, 4) is 0 Å². The van der Waals surface area contributed by atoms with Gasteiger partial charge in [0.05, 0.1) is 6.20 Å². The van der Waals surface area contributed by atoms with Crippen molar-refractivity contribution in [3.63, 3.8) is 0 Å². The number of nitrogen functional groups attached to an aromatic ring is 1. The van der Waals surface area contributed by atoms with Crippen molar-refractivity contribution in [2.24, 2.45) is 10.6 Å². The first kappa shape index (κ1) is 25.3. The number of hydrogen-bond acceptors (Lipinski definition) is 8.